The number of imide groups is 1. The Morgan fingerprint density at radius 2 is 1.59 bits per heavy atom. The molecule has 3 amide bonds. The Hall–Kier alpha value is -2.28. The van der Waals surface area contributed by atoms with Crippen molar-refractivity contribution in [1.82, 2.24) is 4.90 Å². The third-order valence-electron chi connectivity index (χ3n) is 3.73. The van der Waals surface area contributed by atoms with E-state index in [0.29, 0.717) is 20.6 Å². The number of nitrogens with one attached hydrogen (secondary N) is 1. The Morgan fingerprint density at radius 3 is 2.22 bits per heavy atom. The van der Waals surface area contributed by atoms with Gasteiger partial charge < -0.3 is 5.32 Å². The van der Waals surface area contributed by atoms with Crippen molar-refractivity contribution < 1.29 is 14.4 Å². The number of hydrogen-bond donors (Lipinski definition) is 1. The third-order valence-corrected chi connectivity index (χ3v) is 5.14. The maximum atomic E-state index is 12.4. The molecule has 1 saturated heterocycles. The number of anilines is 1. The molecule has 0 aliphatic carbocycles. The van der Waals surface area contributed by atoms with Gasteiger partial charge in [-0.3, -0.25) is 19.3 Å². The zero-order chi connectivity index (χ0) is 19.4. The summed E-state index contributed by atoms with van der Waals surface area (Å²) in [7, 11) is 0. The monoisotopic (exact) mass is 420 g/mol. The lowest BCUT2D eigenvalue weighted by molar-refractivity contribution is -0.123. The van der Waals surface area contributed by atoms with E-state index >= 15 is 0 Å². The van der Waals surface area contributed by atoms with Crippen molar-refractivity contribution in [1.29, 1.82) is 0 Å². The fourth-order valence-corrected chi connectivity index (χ4v) is 3.49. The normalized spacial score (nSPS) is 15.5. The molecule has 1 N–H and O–H groups in total. The molecule has 2 aromatic carbocycles. The lowest BCUT2D eigenvalue weighted by atomic mass is 10.2. The van der Waals surface area contributed by atoms with Crippen LogP contribution < -0.4 is 5.32 Å². The van der Waals surface area contributed by atoms with Crippen molar-refractivity contribution in [2.45, 2.75) is 6.42 Å². The van der Waals surface area contributed by atoms with Crippen LogP contribution in [0.2, 0.25) is 10.0 Å². The van der Waals surface area contributed by atoms with Crippen LogP contribution in [0, 0.1) is 0 Å². The van der Waals surface area contributed by atoms with Gasteiger partial charge in [0.05, 0.1) is 4.91 Å². The first-order valence-electron chi connectivity index (χ1n) is 7.99. The van der Waals surface area contributed by atoms with E-state index in [4.69, 9.17) is 23.2 Å². The van der Waals surface area contributed by atoms with Crippen molar-refractivity contribution in [3.05, 3.63) is 69.0 Å². The predicted octanol–water partition coefficient (Wildman–Crippen LogP) is 5.06. The summed E-state index contributed by atoms with van der Waals surface area (Å²) in [5.41, 5.74) is 1.37. The lowest BCUT2D eigenvalue weighted by Crippen LogP contribution is -2.31. The third kappa shape index (κ3) is 5.13. The summed E-state index contributed by atoms with van der Waals surface area (Å²) in [5, 5.41) is 3.47. The molecule has 5 nitrogen and oxygen atoms in total. The summed E-state index contributed by atoms with van der Waals surface area (Å²) >= 11 is 12.5. The summed E-state index contributed by atoms with van der Waals surface area (Å²) in [6.07, 6.45) is 1.64. The van der Waals surface area contributed by atoms with Gasteiger partial charge in [-0.05, 0) is 59.8 Å². The van der Waals surface area contributed by atoms with Crippen LogP contribution in [0.4, 0.5) is 10.5 Å². The van der Waals surface area contributed by atoms with E-state index in [1.165, 1.54) is 0 Å². The maximum Gasteiger partial charge on any atom is 0.293 e. The number of carbonyl (C=O) groups excluding carboxylic acids is 3. The van der Waals surface area contributed by atoms with Crippen molar-refractivity contribution in [2.75, 3.05) is 11.9 Å². The average molecular weight is 421 g/mol. The lowest BCUT2D eigenvalue weighted by Gasteiger charge is -2.12. The van der Waals surface area contributed by atoms with Crippen LogP contribution in [0.1, 0.15) is 12.0 Å². The Kier molecular flexibility index (Phi) is 6.21. The number of thioether (sulfide) groups is 1. The van der Waals surface area contributed by atoms with Crippen LogP contribution in [0.25, 0.3) is 6.08 Å². The second-order valence-electron chi connectivity index (χ2n) is 5.69. The topological polar surface area (TPSA) is 66.5 Å². The van der Waals surface area contributed by atoms with Gasteiger partial charge in [0.25, 0.3) is 11.1 Å². The van der Waals surface area contributed by atoms with E-state index in [1.807, 2.05) is 0 Å². The molecular weight excluding hydrogens is 407 g/mol. The van der Waals surface area contributed by atoms with Crippen LogP contribution in [-0.2, 0) is 9.59 Å². The number of carbonyl (C=O) groups is 3. The molecule has 0 spiro atoms. The van der Waals surface area contributed by atoms with Gasteiger partial charge >= 0.3 is 0 Å². The molecule has 1 fully saturated rings. The first kappa shape index (κ1) is 19.5. The van der Waals surface area contributed by atoms with Crippen LogP contribution in [0.5, 0.6) is 0 Å². The quantitative estimate of drug-likeness (QED) is 0.686. The SMILES string of the molecule is O=C(CCN1C(=O)S/C(=C/c2ccc(Cl)cc2)C1=O)Nc1ccc(Cl)cc1. The average Bonchev–Trinajstić information content (AvgIpc) is 2.90. The summed E-state index contributed by atoms with van der Waals surface area (Å²) in [4.78, 5) is 38.0. The molecule has 0 unspecified atom stereocenters. The van der Waals surface area contributed by atoms with Crippen molar-refractivity contribution in [2.24, 2.45) is 0 Å². The highest BCUT2D eigenvalue weighted by molar-refractivity contribution is 8.18. The van der Waals surface area contributed by atoms with E-state index in [-0.39, 0.29) is 24.1 Å². The summed E-state index contributed by atoms with van der Waals surface area (Å²) in [6.45, 7) is 0.0159. The van der Waals surface area contributed by atoms with Gasteiger partial charge in [-0.25, -0.2) is 0 Å². The largest absolute Gasteiger partial charge is 0.326 e. The highest BCUT2D eigenvalue weighted by atomic mass is 35.5. The van der Waals surface area contributed by atoms with Gasteiger partial charge in [-0.15, -0.1) is 0 Å². The molecule has 0 atom stereocenters. The first-order valence-corrected chi connectivity index (χ1v) is 9.56. The highest BCUT2D eigenvalue weighted by Gasteiger charge is 2.34. The van der Waals surface area contributed by atoms with E-state index < -0.39 is 5.91 Å². The molecule has 0 radical (unpaired) electrons. The molecule has 0 saturated carbocycles. The van der Waals surface area contributed by atoms with E-state index in [2.05, 4.69) is 5.32 Å². The molecule has 3 rings (SSSR count). The minimum Gasteiger partial charge on any atom is -0.326 e. The number of benzene rings is 2. The molecule has 27 heavy (non-hydrogen) atoms. The van der Waals surface area contributed by atoms with Crippen molar-refractivity contribution in [3.63, 3.8) is 0 Å². The summed E-state index contributed by atoms with van der Waals surface area (Å²) in [5.74, 6) is -0.697. The van der Waals surface area contributed by atoms with Gasteiger partial charge in [0.15, 0.2) is 0 Å². The molecule has 0 bridgehead atoms. The minimum atomic E-state index is -0.403. The number of hydrogen-bond acceptors (Lipinski definition) is 4. The van der Waals surface area contributed by atoms with Crippen LogP contribution in [-0.4, -0.2) is 28.5 Å². The van der Waals surface area contributed by atoms with Crippen LogP contribution in [0.3, 0.4) is 0 Å². The second-order valence-corrected chi connectivity index (χ2v) is 7.56. The van der Waals surface area contributed by atoms with Crippen molar-refractivity contribution >= 4 is 63.8 Å². The zero-order valence-corrected chi connectivity index (χ0v) is 16.3. The fourth-order valence-electron chi connectivity index (χ4n) is 2.37. The Bertz CT molecular complexity index is 912. The molecule has 1 aliphatic rings. The predicted molar refractivity (Wildman–Crippen MR) is 109 cm³/mol. The van der Waals surface area contributed by atoms with E-state index in [1.54, 1.807) is 54.6 Å². The number of halogens is 2. The van der Waals surface area contributed by atoms with Crippen LogP contribution >= 0.6 is 35.0 Å². The smallest absolute Gasteiger partial charge is 0.293 e. The fraction of sp³-hybridized carbons (Fsp3) is 0.105. The van der Waals surface area contributed by atoms with Gasteiger partial charge in [-0.2, -0.15) is 0 Å². The maximum absolute atomic E-state index is 12.4. The Morgan fingerprint density at radius 1 is 1.00 bits per heavy atom. The van der Waals surface area contributed by atoms with Crippen molar-refractivity contribution in [3.8, 4) is 0 Å². The number of rotatable bonds is 5. The highest BCUT2D eigenvalue weighted by Crippen LogP contribution is 2.32. The Balaban J connectivity index is 1.59. The molecule has 1 heterocycles. The van der Waals surface area contributed by atoms with Gasteiger partial charge in [-0.1, -0.05) is 35.3 Å². The molecule has 8 heteroatoms. The minimum absolute atomic E-state index is 0.00882. The molecule has 0 aromatic heterocycles. The zero-order valence-electron chi connectivity index (χ0n) is 13.9. The van der Waals surface area contributed by atoms with Crippen LogP contribution in [0.15, 0.2) is 53.4 Å². The standard InChI is InChI=1S/C19H14Cl2N2O3S/c20-13-3-1-12(2-4-13)11-16-18(25)23(19(26)27-16)10-9-17(24)22-15-7-5-14(21)6-8-15/h1-8,11H,9-10H2,(H,22,24)/b16-11+. The van der Waals surface area contributed by atoms with Gasteiger partial charge in [0, 0.05) is 28.7 Å². The summed E-state index contributed by atoms with van der Waals surface area (Å²) < 4.78 is 0. The molecule has 2 aromatic rings. The molecular formula is C19H14Cl2N2O3S. The Labute approximate surface area is 170 Å². The van der Waals surface area contributed by atoms with E-state index in [9.17, 15) is 14.4 Å². The van der Waals surface area contributed by atoms with Gasteiger partial charge in [0.1, 0.15) is 0 Å². The van der Waals surface area contributed by atoms with Gasteiger partial charge in [0.2, 0.25) is 5.91 Å². The first-order chi connectivity index (χ1) is 12.9. The number of amides is 3. The van der Waals surface area contributed by atoms with E-state index in [0.717, 1.165) is 22.2 Å². The summed E-state index contributed by atoms with van der Waals surface area (Å²) in [6, 6.07) is 13.6. The number of nitrogens with zero attached hydrogens (tertiary/aromatic N) is 1. The molecule has 1 aliphatic heterocycles. The second kappa shape index (κ2) is 8.61. The molecule has 138 valence electrons.